The van der Waals surface area contributed by atoms with Crippen LogP contribution in [0.4, 0.5) is 5.69 Å². The molecule has 2 aliphatic rings. The topological polar surface area (TPSA) is 41.6 Å². The van der Waals surface area contributed by atoms with E-state index in [1.807, 2.05) is 6.07 Å². The first-order chi connectivity index (χ1) is 10.3. The van der Waals surface area contributed by atoms with Crippen LogP contribution >= 0.6 is 0 Å². The summed E-state index contributed by atoms with van der Waals surface area (Å²) in [4.78, 5) is 14.2. The third-order valence-electron chi connectivity index (χ3n) is 4.50. The molecule has 1 aromatic rings. The molecule has 1 aliphatic carbocycles. The Morgan fingerprint density at radius 3 is 2.81 bits per heavy atom. The molecule has 1 N–H and O–H groups in total. The van der Waals surface area contributed by atoms with Crippen molar-refractivity contribution in [1.29, 1.82) is 0 Å². The molecule has 4 heteroatoms. The molecule has 21 heavy (non-hydrogen) atoms. The zero-order valence-corrected chi connectivity index (χ0v) is 12.5. The van der Waals surface area contributed by atoms with E-state index >= 15 is 0 Å². The van der Waals surface area contributed by atoms with Gasteiger partial charge in [-0.25, -0.2) is 0 Å². The molecule has 0 radical (unpaired) electrons. The summed E-state index contributed by atoms with van der Waals surface area (Å²) in [5, 5.41) is 3.05. The van der Waals surface area contributed by atoms with Crippen LogP contribution in [0.25, 0.3) is 0 Å². The largest absolute Gasteiger partial charge is 0.374 e. The predicted octanol–water partition coefficient (Wildman–Crippen LogP) is 2.20. The molecule has 0 spiro atoms. The molecule has 114 valence electrons. The SMILES string of the molecule is O=C(NCCC1CN(c2ccccc2)CCO1)C1CCC1. The van der Waals surface area contributed by atoms with Gasteiger partial charge in [-0.05, 0) is 31.4 Å². The van der Waals surface area contributed by atoms with Crippen LogP contribution in [0, 0.1) is 5.92 Å². The van der Waals surface area contributed by atoms with E-state index < -0.39 is 0 Å². The number of amides is 1. The van der Waals surface area contributed by atoms with E-state index in [4.69, 9.17) is 4.74 Å². The van der Waals surface area contributed by atoms with Crippen molar-refractivity contribution in [2.24, 2.45) is 5.92 Å². The van der Waals surface area contributed by atoms with Crippen LogP contribution in [0.1, 0.15) is 25.7 Å². The molecule has 1 heterocycles. The maximum absolute atomic E-state index is 11.8. The molecule has 2 fully saturated rings. The van der Waals surface area contributed by atoms with Crippen molar-refractivity contribution in [2.45, 2.75) is 31.8 Å². The fourth-order valence-electron chi connectivity index (χ4n) is 2.94. The number of hydrogen-bond acceptors (Lipinski definition) is 3. The zero-order valence-electron chi connectivity index (χ0n) is 12.5. The zero-order chi connectivity index (χ0) is 14.5. The number of hydrogen-bond donors (Lipinski definition) is 1. The summed E-state index contributed by atoms with van der Waals surface area (Å²) in [5.41, 5.74) is 1.25. The number of benzene rings is 1. The standard InChI is InChI=1S/C17H24N2O2/c20-17(14-5-4-6-14)18-10-9-16-13-19(11-12-21-16)15-7-2-1-3-8-15/h1-3,7-8,14,16H,4-6,9-13H2,(H,18,20). The monoisotopic (exact) mass is 288 g/mol. The second-order valence-electron chi connectivity index (χ2n) is 5.98. The highest BCUT2D eigenvalue weighted by atomic mass is 16.5. The summed E-state index contributed by atoms with van der Waals surface area (Å²) >= 11 is 0. The molecule has 0 aromatic heterocycles. The van der Waals surface area contributed by atoms with Crippen molar-refractivity contribution >= 4 is 11.6 Å². The third kappa shape index (κ3) is 3.76. The highest BCUT2D eigenvalue weighted by molar-refractivity contribution is 5.79. The van der Waals surface area contributed by atoms with Gasteiger partial charge in [-0.2, -0.15) is 0 Å². The van der Waals surface area contributed by atoms with Crippen molar-refractivity contribution in [3.05, 3.63) is 30.3 Å². The number of carbonyl (C=O) groups is 1. The molecule has 1 atom stereocenters. The molecule has 4 nitrogen and oxygen atoms in total. The van der Waals surface area contributed by atoms with Crippen LogP contribution < -0.4 is 10.2 Å². The van der Waals surface area contributed by atoms with Crippen LogP contribution in [0.15, 0.2) is 30.3 Å². The Labute approximate surface area is 126 Å². The minimum Gasteiger partial charge on any atom is -0.374 e. The van der Waals surface area contributed by atoms with E-state index in [0.29, 0.717) is 0 Å². The Morgan fingerprint density at radius 2 is 2.10 bits per heavy atom. The Balaban J connectivity index is 1.42. The minimum absolute atomic E-state index is 0.209. The van der Waals surface area contributed by atoms with Gasteiger partial charge in [-0.15, -0.1) is 0 Å². The summed E-state index contributed by atoms with van der Waals surface area (Å²) in [7, 11) is 0. The van der Waals surface area contributed by atoms with Crippen LogP contribution in [-0.2, 0) is 9.53 Å². The van der Waals surface area contributed by atoms with E-state index in [0.717, 1.165) is 45.5 Å². The van der Waals surface area contributed by atoms with Gasteiger partial charge in [-0.3, -0.25) is 4.79 Å². The van der Waals surface area contributed by atoms with Gasteiger partial charge in [0.2, 0.25) is 5.91 Å². The van der Waals surface area contributed by atoms with Gasteiger partial charge in [0.05, 0.1) is 12.7 Å². The number of carbonyl (C=O) groups excluding carboxylic acids is 1. The first kappa shape index (κ1) is 14.4. The van der Waals surface area contributed by atoms with Crippen LogP contribution in [0.3, 0.4) is 0 Å². The van der Waals surface area contributed by atoms with Crippen LogP contribution in [0.2, 0.25) is 0 Å². The number of para-hydroxylation sites is 1. The summed E-state index contributed by atoms with van der Waals surface area (Å²) in [6.45, 7) is 3.33. The quantitative estimate of drug-likeness (QED) is 0.903. The summed E-state index contributed by atoms with van der Waals surface area (Å²) < 4.78 is 5.82. The maximum atomic E-state index is 11.8. The summed E-state index contributed by atoms with van der Waals surface area (Å²) in [5.74, 6) is 0.509. The van der Waals surface area contributed by atoms with Crippen molar-refractivity contribution in [1.82, 2.24) is 5.32 Å². The second kappa shape index (κ2) is 6.94. The van der Waals surface area contributed by atoms with Gasteiger partial charge in [-0.1, -0.05) is 24.6 Å². The molecule has 1 amide bonds. The molecule has 1 aliphatic heterocycles. The Morgan fingerprint density at radius 1 is 1.29 bits per heavy atom. The molecular formula is C17H24N2O2. The third-order valence-corrected chi connectivity index (χ3v) is 4.50. The van der Waals surface area contributed by atoms with E-state index in [-0.39, 0.29) is 17.9 Å². The van der Waals surface area contributed by atoms with Crippen molar-refractivity contribution < 1.29 is 9.53 Å². The number of anilines is 1. The summed E-state index contributed by atoms with van der Waals surface area (Å²) in [6, 6.07) is 10.5. The smallest absolute Gasteiger partial charge is 0.223 e. The van der Waals surface area contributed by atoms with Gasteiger partial charge < -0.3 is 15.0 Å². The molecule has 1 aromatic carbocycles. The highest BCUT2D eigenvalue weighted by Gasteiger charge is 2.25. The first-order valence-corrected chi connectivity index (χ1v) is 8.02. The van der Waals surface area contributed by atoms with Crippen molar-refractivity contribution in [2.75, 3.05) is 31.1 Å². The normalized spacial score (nSPS) is 22.7. The second-order valence-corrected chi connectivity index (χ2v) is 5.98. The van der Waals surface area contributed by atoms with E-state index in [1.165, 1.54) is 12.1 Å². The maximum Gasteiger partial charge on any atom is 0.223 e. The predicted molar refractivity (Wildman–Crippen MR) is 83.4 cm³/mol. The molecule has 3 rings (SSSR count). The molecule has 1 unspecified atom stereocenters. The number of nitrogens with zero attached hydrogens (tertiary/aromatic N) is 1. The van der Waals surface area contributed by atoms with Crippen molar-refractivity contribution in [3.8, 4) is 0 Å². The number of rotatable bonds is 5. The first-order valence-electron chi connectivity index (χ1n) is 8.02. The number of morpholine rings is 1. The lowest BCUT2D eigenvalue weighted by molar-refractivity contribution is -0.127. The van der Waals surface area contributed by atoms with Gasteiger partial charge in [0.25, 0.3) is 0 Å². The Bertz CT molecular complexity index is 459. The fourth-order valence-corrected chi connectivity index (χ4v) is 2.94. The van der Waals surface area contributed by atoms with E-state index in [2.05, 4.69) is 34.5 Å². The van der Waals surface area contributed by atoms with Crippen LogP contribution in [-0.4, -0.2) is 38.3 Å². The molecular weight excluding hydrogens is 264 g/mol. The van der Waals surface area contributed by atoms with E-state index in [9.17, 15) is 4.79 Å². The molecule has 1 saturated heterocycles. The fraction of sp³-hybridized carbons (Fsp3) is 0.588. The average Bonchev–Trinajstić information content (AvgIpc) is 2.47. The van der Waals surface area contributed by atoms with Gasteiger partial charge in [0, 0.05) is 31.2 Å². The highest BCUT2D eigenvalue weighted by Crippen LogP contribution is 2.26. The number of nitrogens with one attached hydrogen (secondary N) is 1. The number of ether oxygens (including phenoxy) is 1. The lowest BCUT2D eigenvalue weighted by atomic mass is 9.85. The van der Waals surface area contributed by atoms with Crippen LogP contribution in [0.5, 0.6) is 0 Å². The van der Waals surface area contributed by atoms with Crippen molar-refractivity contribution in [3.63, 3.8) is 0 Å². The van der Waals surface area contributed by atoms with E-state index in [1.54, 1.807) is 0 Å². The summed E-state index contributed by atoms with van der Waals surface area (Å²) in [6.07, 6.45) is 4.43. The minimum atomic E-state index is 0.209. The van der Waals surface area contributed by atoms with Gasteiger partial charge >= 0.3 is 0 Å². The van der Waals surface area contributed by atoms with Gasteiger partial charge in [0.1, 0.15) is 0 Å². The Hall–Kier alpha value is -1.55. The average molecular weight is 288 g/mol. The van der Waals surface area contributed by atoms with Gasteiger partial charge in [0.15, 0.2) is 0 Å². The molecule has 0 bridgehead atoms. The lowest BCUT2D eigenvalue weighted by Crippen LogP contribution is -2.44. The Kier molecular flexibility index (Phi) is 4.76. The lowest BCUT2D eigenvalue weighted by Gasteiger charge is -2.34. The molecule has 1 saturated carbocycles.